The fraction of sp³-hybridized carbons (Fsp3) is 0.815. The third kappa shape index (κ3) is 49.4. The van der Waals surface area contributed by atoms with Gasteiger partial charge in [-0.3, -0.25) is 14.2 Å². The molecule has 2 unspecified atom stereocenters. The molecule has 0 amide bonds. The van der Waals surface area contributed by atoms with Crippen LogP contribution in [-0.2, 0) is 32.7 Å². The van der Waals surface area contributed by atoms with E-state index in [-0.39, 0.29) is 32.0 Å². The lowest BCUT2D eigenvalue weighted by molar-refractivity contribution is -0.870. The third-order valence-electron chi connectivity index (χ3n) is 11.3. The molecule has 10 heteroatoms. The maximum absolute atomic E-state index is 12.7. The zero-order valence-electron chi connectivity index (χ0n) is 42.2. The quantitative estimate of drug-likeness (QED) is 0.0195. The second-order valence-electron chi connectivity index (χ2n) is 18.9. The first kappa shape index (κ1) is 62.0. The summed E-state index contributed by atoms with van der Waals surface area (Å²) in [5, 5.41) is 0. The zero-order chi connectivity index (χ0) is 47.1. The number of ether oxygens (including phenoxy) is 2. The highest BCUT2D eigenvalue weighted by atomic mass is 31.2. The first-order valence-electron chi connectivity index (χ1n) is 26.3. The van der Waals surface area contributed by atoms with Gasteiger partial charge in [0.05, 0.1) is 27.7 Å². The summed E-state index contributed by atoms with van der Waals surface area (Å²) in [6.45, 7) is 4.12. The number of phosphoric ester groups is 1. The Morgan fingerprint density at radius 1 is 0.500 bits per heavy atom. The molecule has 0 spiro atoms. The van der Waals surface area contributed by atoms with Gasteiger partial charge in [0.15, 0.2) is 6.10 Å². The molecule has 0 rings (SSSR count). The Bertz CT molecular complexity index is 1230. The fourth-order valence-corrected chi connectivity index (χ4v) is 7.98. The number of quaternary nitrogens is 1. The van der Waals surface area contributed by atoms with E-state index in [4.69, 9.17) is 18.5 Å². The Kier molecular flexibility index (Phi) is 44.6. The smallest absolute Gasteiger partial charge is 0.306 e. The van der Waals surface area contributed by atoms with Crippen LogP contribution in [0.5, 0.6) is 0 Å². The van der Waals surface area contributed by atoms with Gasteiger partial charge in [-0.2, -0.15) is 0 Å². The highest BCUT2D eigenvalue weighted by Crippen LogP contribution is 2.38. The molecule has 0 aliphatic heterocycles. The topological polar surface area (TPSA) is 111 Å². The molecule has 374 valence electrons. The summed E-state index contributed by atoms with van der Waals surface area (Å²) >= 11 is 0. The van der Waals surface area contributed by atoms with Crippen molar-refractivity contribution in [3.05, 3.63) is 48.6 Å². The molecule has 0 saturated heterocycles. The Morgan fingerprint density at radius 3 is 1.34 bits per heavy atom. The normalized spacial score (nSPS) is 13.8. The van der Waals surface area contributed by atoms with Crippen molar-refractivity contribution in [3.8, 4) is 0 Å². The van der Waals surface area contributed by atoms with Gasteiger partial charge in [-0.25, -0.2) is 0 Å². The van der Waals surface area contributed by atoms with Crippen molar-refractivity contribution >= 4 is 19.8 Å². The van der Waals surface area contributed by atoms with Crippen LogP contribution in [0.2, 0.25) is 0 Å². The number of nitrogens with zero attached hydrogens (tertiary/aromatic N) is 1. The van der Waals surface area contributed by atoms with Crippen molar-refractivity contribution in [2.45, 2.75) is 238 Å². The minimum absolute atomic E-state index is 0.0351. The van der Waals surface area contributed by atoms with Gasteiger partial charge in [-0.05, 0) is 70.6 Å². The highest BCUT2D eigenvalue weighted by molar-refractivity contribution is 7.45. The number of rotatable bonds is 48. The number of carbonyl (C=O) groups excluding carboxylic acids is 2. The number of phosphoric acid groups is 1. The molecule has 0 aromatic heterocycles. The molecule has 0 heterocycles. The summed E-state index contributed by atoms with van der Waals surface area (Å²) in [5.41, 5.74) is 0. The number of hydrogen-bond donors (Lipinski definition) is 0. The van der Waals surface area contributed by atoms with Gasteiger partial charge in [0, 0.05) is 12.8 Å². The van der Waals surface area contributed by atoms with E-state index >= 15 is 0 Å². The van der Waals surface area contributed by atoms with Crippen molar-refractivity contribution in [3.63, 3.8) is 0 Å². The first-order valence-corrected chi connectivity index (χ1v) is 27.8. The van der Waals surface area contributed by atoms with E-state index in [1.807, 2.05) is 21.1 Å². The SMILES string of the molecule is CC/C=C\C/C=C\C/C=C\CCCCCCCC(=O)OC(COC(=O)CCCCCCCCCCCCCCC/C=C\CCCCCCCCCC)COP(=O)([O-])OCC[N+](C)(C)C. The zero-order valence-corrected chi connectivity index (χ0v) is 43.1. The summed E-state index contributed by atoms with van der Waals surface area (Å²) in [7, 11) is 1.15. The average Bonchev–Trinajstić information content (AvgIpc) is 3.25. The molecule has 0 aliphatic rings. The minimum atomic E-state index is -4.64. The Hall–Kier alpha value is -2.03. The van der Waals surface area contributed by atoms with Crippen LogP contribution in [0, 0.1) is 0 Å². The molecule has 0 saturated carbocycles. The summed E-state index contributed by atoms with van der Waals surface area (Å²) in [6.07, 6.45) is 55.8. The molecule has 64 heavy (non-hydrogen) atoms. The lowest BCUT2D eigenvalue weighted by atomic mass is 10.0. The van der Waals surface area contributed by atoms with Crippen LogP contribution in [-0.4, -0.2) is 70.0 Å². The summed E-state index contributed by atoms with van der Waals surface area (Å²) in [6, 6.07) is 0. The molecule has 2 atom stereocenters. The number of unbranched alkanes of at least 4 members (excludes halogenated alkanes) is 26. The Morgan fingerprint density at radius 2 is 0.891 bits per heavy atom. The van der Waals surface area contributed by atoms with Crippen LogP contribution in [0.3, 0.4) is 0 Å². The predicted molar refractivity (Wildman–Crippen MR) is 268 cm³/mol. The molecule has 0 aromatic carbocycles. The average molecular weight is 922 g/mol. The van der Waals surface area contributed by atoms with Crippen molar-refractivity contribution in [1.82, 2.24) is 0 Å². The van der Waals surface area contributed by atoms with Crippen LogP contribution in [0.15, 0.2) is 48.6 Å². The number of likely N-dealkylation sites (N-methyl/N-ethyl adjacent to an activating group) is 1. The van der Waals surface area contributed by atoms with E-state index in [2.05, 4.69) is 62.5 Å². The van der Waals surface area contributed by atoms with Gasteiger partial charge in [-0.15, -0.1) is 0 Å². The number of esters is 2. The molecule has 0 radical (unpaired) electrons. The second kappa shape index (κ2) is 46.1. The molecule has 0 N–H and O–H groups in total. The largest absolute Gasteiger partial charge is 0.756 e. The molecule has 0 fully saturated rings. The third-order valence-corrected chi connectivity index (χ3v) is 12.3. The first-order chi connectivity index (χ1) is 31.0. The van der Waals surface area contributed by atoms with E-state index in [1.165, 1.54) is 128 Å². The van der Waals surface area contributed by atoms with Gasteiger partial charge in [-0.1, -0.05) is 197 Å². The lowest BCUT2D eigenvalue weighted by Crippen LogP contribution is -2.37. The van der Waals surface area contributed by atoms with Crippen LogP contribution >= 0.6 is 7.82 Å². The summed E-state index contributed by atoms with van der Waals surface area (Å²) in [5.74, 6) is -0.849. The van der Waals surface area contributed by atoms with E-state index in [9.17, 15) is 19.0 Å². The predicted octanol–water partition coefficient (Wildman–Crippen LogP) is 15.2. The molecular weight excluding hydrogens is 822 g/mol. The van der Waals surface area contributed by atoms with E-state index in [0.29, 0.717) is 17.4 Å². The number of carbonyl (C=O) groups is 2. The number of hydrogen-bond acceptors (Lipinski definition) is 8. The van der Waals surface area contributed by atoms with Crippen molar-refractivity contribution < 1.29 is 42.1 Å². The van der Waals surface area contributed by atoms with Crippen molar-refractivity contribution in [2.75, 3.05) is 47.5 Å². The van der Waals surface area contributed by atoms with Gasteiger partial charge in [0.2, 0.25) is 0 Å². The summed E-state index contributed by atoms with van der Waals surface area (Å²) < 4.78 is 34.0. The van der Waals surface area contributed by atoms with Crippen LogP contribution in [0.4, 0.5) is 0 Å². The standard InChI is InChI=1S/C54H100NO8P/c1-6-8-10-12-14-16-18-20-22-23-24-25-26-27-28-29-30-31-33-34-36-38-40-42-44-46-53(56)60-50-52(51-62-64(58,59)61-49-48-55(3,4)5)63-54(57)47-45-43-41-39-37-35-32-21-19-17-15-13-11-9-7-2/h9,11,15,17,21,23-24,32,52H,6-8,10,12-14,16,18-20,22,25-31,33-51H2,1-5H3/b11-9-,17-15-,24-23-,32-21-. The second-order valence-corrected chi connectivity index (χ2v) is 20.3. The minimum Gasteiger partial charge on any atom is -0.756 e. The molecule has 0 aliphatic carbocycles. The molecular formula is C54H100NO8P. The fourth-order valence-electron chi connectivity index (χ4n) is 7.25. The molecule has 0 aromatic rings. The highest BCUT2D eigenvalue weighted by Gasteiger charge is 2.21. The van der Waals surface area contributed by atoms with Gasteiger partial charge >= 0.3 is 11.9 Å². The Balaban J connectivity index is 4.17. The Labute approximate surface area is 394 Å². The van der Waals surface area contributed by atoms with E-state index < -0.39 is 26.5 Å². The van der Waals surface area contributed by atoms with Crippen molar-refractivity contribution in [2.24, 2.45) is 0 Å². The lowest BCUT2D eigenvalue weighted by Gasteiger charge is -2.28. The number of allylic oxidation sites excluding steroid dienone is 8. The summed E-state index contributed by atoms with van der Waals surface area (Å²) in [4.78, 5) is 37.7. The van der Waals surface area contributed by atoms with Crippen molar-refractivity contribution in [1.29, 1.82) is 0 Å². The van der Waals surface area contributed by atoms with E-state index in [0.717, 1.165) is 70.6 Å². The van der Waals surface area contributed by atoms with E-state index in [1.54, 1.807) is 0 Å². The van der Waals surface area contributed by atoms with Crippen LogP contribution < -0.4 is 4.89 Å². The van der Waals surface area contributed by atoms with Gasteiger partial charge in [0.1, 0.15) is 19.8 Å². The van der Waals surface area contributed by atoms with Crippen LogP contribution in [0.1, 0.15) is 232 Å². The monoisotopic (exact) mass is 922 g/mol. The molecule has 9 nitrogen and oxygen atoms in total. The molecule has 0 bridgehead atoms. The van der Waals surface area contributed by atoms with Gasteiger partial charge < -0.3 is 27.9 Å². The van der Waals surface area contributed by atoms with Crippen LogP contribution in [0.25, 0.3) is 0 Å². The van der Waals surface area contributed by atoms with Gasteiger partial charge in [0.25, 0.3) is 7.82 Å². The maximum atomic E-state index is 12.7. The maximum Gasteiger partial charge on any atom is 0.306 e.